The van der Waals surface area contributed by atoms with Crippen molar-refractivity contribution in [3.8, 4) is 5.75 Å². The lowest BCUT2D eigenvalue weighted by molar-refractivity contribution is -0.119. The van der Waals surface area contributed by atoms with Gasteiger partial charge in [-0.1, -0.05) is 12.1 Å². The molecule has 0 radical (unpaired) electrons. The van der Waals surface area contributed by atoms with Gasteiger partial charge in [-0.05, 0) is 31.5 Å². The van der Waals surface area contributed by atoms with Gasteiger partial charge < -0.3 is 30.5 Å². The third kappa shape index (κ3) is 11.0. The number of ether oxygens (including phenoxy) is 2. The molecule has 1 unspecified atom stereocenters. The van der Waals surface area contributed by atoms with Crippen molar-refractivity contribution in [1.29, 1.82) is 0 Å². The van der Waals surface area contributed by atoms with Gasteiger partial charge in [0.15, 0.2) is 5.96 Å². The number of β-amino-alcohol motifs (C(OH)–C–C–N with tert-alkyl or cyclic N) is 1. The molecule has 176 valence electrons. The van der Waals surface area contributed by atoms with Gasteiger partial charge in [-0.3, -0.25) is 9.69 Å². The standard InChI is InChI=1S/C21H35N5O4.HI/c1-4-22-20(25-15-21(2,28)16-26-9-11-30-12-10-26)24-14-19(27)23-13-17-5-7-18(29-3)8-6-17;/h5-8,28H,4,9-16H2,1-3H3,(H,23,27)(H2,22,24,25);1H. The molecule has 1 fully saturated rings. The topological polar surface area (TPSA) is 107 Å². The molecule has 1 aromatic carbocycles. The molecule has 1 aliphatic rings. The molecular formula is C21H36IN5O4. The van der Waals surface area contributed by atoms with Crippen molar-refractivity contribution >= 4 is 35.8 Å². The highest BCUT2D eigenvalue weighted by molar-refractivity contribution is 14.0. The summed E-state index contributed by atoms with van der Waals surface area (Å²) in [6.07, 6.45) is 0. The molecular weight excluding hydrogens is 513 g/mol. The number of hydrogen-bond acceptors (Lipinski definition) is 6. The molecule has 2 rings (SSSR count). The molecule has 0 spiro atoms. The number of amides is 1. The van der Waals surface area contributed by atoms with Crippen LogP contribution in [0.5, 0.6) is 5.75 Å². The fraction of sp³-hybridized carbons (Fsp3) is 0.619. The van der Waals surface area contributed by atoms with Gasteiger partial charge in [-0.15, -0.1) is 24.0 Å². The van der Waals surface area contributed by atoms with Crippen LogP contribution < -0.4 is 20.7 Å². The summed E-state index contributed by atoms with van der Waals surface area (Å²) in [5.41, 5.74) is 0.0572. The van der Waals surface area contributed by atoms with E-state index in [0.717, 1.165) is 24.4 Å². The number of benzene rings is 1. The minimum Gasteiger partial charge on any atom is -0.497 e. The number of rotatable bonds is 10. The minimum absolute atomic E-state index is 0. The Morgan fingerprint density at radius 2 is 1.90 bits per heavy atom. The predicted molar refractivity (Wildman–Crippen MR) is 132 cm³/mol. The van der Waals surface area contributed by atoms with Crippen LogP contribution in [-0.4, -0.2) is 87.1 Å². The minimum atomic E-state index is -0.926. The molecule has 0 saturated carbocycles. The third-order valence-electron chi connectivity index (χ3n) is 4.68. The highest BCUT2D eigenvalue weighted by atomic mass is 127. The summed E-state index contributed by atoms with van der Waals surface area (Å²) in [7, 11) is 1.62. The van der Waals surface area contributed by atoms with Crippen molar-refractivity contribution in [2.75, 3.05) is 59.6 Å². The monoisotopic (exact) mass is 549 g/mol. The van der Waals surface area contributed by atoms with E-state index in [1.807, 2.05) is 31.2 Å². The van der Waals surface area contributed by atoms with Crippen LogP contribution in [-0.2, 0) is 16.1 Å². The van der Waals surface area contributed by atoms with Gasteiger partial charge in [0.25, 0.3) is 0 Å². The van der Waals surface area contributed by atoms with Crippen LogP contribution in [0.25, 0.3) is 0 Å². The van der Waals surface area contributed by atoms with Crippen molar-refractivity contribution in [2.24, 2.45) is 4.99 Å². The first-order valence-corrected chi connectivity index (χ1v) is 10.4. The van der Waals surface area contributed by atoms with E-state index in [4.69, 9.17) is 9.47 Å². The van der Waals surface area contributed by atoms with Crippen LogP contribution in [0, 0.1) is 0 Å². The zero-order chi connectivity index (χ0) is 21.8. The van der Waals surface area contributed by atoms with Crippen molar-refractivity contribution in [3.63, 3.8) is 0 Å². The number of carbonyl (C=O) groups excluding carboxylic acids is 1. The van der Waals surface area contributed by atoms with Crippen molar-refractivity contribution in [1.82, 2.24) is 20.9 Å². The highest BCUT2D eigenvalue weighted by Crippen LogP contribution is 2.11. The van der Waals surface area contributed by atoms with Crippen molar-refractivity contribution in [3.05, 3.63) is 29.8 Å². The predicted octanol–water partition coefficient (Wildman–Crippen LogP) is 0.568. The van der Waals surface area contributed by atoms with Crippen LogP contribution in [0.4, 0.5) is 0 Å². The Hall–Kier alpha value is -1.63. The van der Waals surface area contributed by atoms with Crippen LogP contribution in [0.2, 0.25) is 0 Å². The van der Waals surface area contributed by atoms with Gasteiger partial charge in [0, 0.05) is 39.3 Å². The van der Waals surface area contributed by atoms with Crippen LogP contribution >= 0.6 is 24.0 Å². The van der Waals surface area contributed by atoms with Gasteiger partial charge >= 0.3 is 0 Å². The Labute approximate surface area is 202 Å². The van der Waals surface area contributed by atoms with Gasteiger partial charge in [-0.2, -0.15) is 0 Å². The van der Waals surface area contributed by atoms with Crippen LogP contribution in [0.1, 0.15) is 19.4 Å². The summed E-state index contributed by atoms with van der Waals surface area (Å²) in [5.74, 6) is 1.10. The Balaban J connectivity index is 0.00000480. The number of aliphatic hydroxyl groups is 1. The number of halogens is 1. The number of nitrogens with one attached hydrogen (secondary N) is 3. The Bertz CT molecular complexity index is 679. The van der Waals surface area contributed by atoms with E-state index in [9.17, 15) is 9.90 Å². The first kappa shape index (κ1) is 27.4. The number of guanidine groups is 1. The van der Waals surface area contributed by atoms with E-state index >= 15 is 0 Å². The number of carbonyl (C=O) groups is 1. The lowest BCUT2D eigenvalue weighted by Crippen LogP contribution is -2.53. The molecule has 1 heterocycles. The second-order valence-corrected chi connectivity index (χ2v) is 7.56. The zero-order valence-corrected chi connectivity index (χ0v) is 21.0. The van der Waals surface area contributed by atoms with E-state index in [1.165, 1.54) is 0 Å². The van der Waals surface area contributed by atoms with Gasteiger partial charge in [0.05, 0.1) is 25.9 Å². The highest BCUT2D eigenvalue weighted by Gasteiger charge is 2.25. The normalized spacial score (nSPS) is 16.6. The number of nitrogens with zero attached hydrogens (tertiary/aromatic N) is 2. The van der Waals surface area contributed by atoms with E-state index in [2.05, 4.69) is 25.8 Å². The van der Waals surface area contributed by atoms with Crippen molar-refractivity contribution in [2.45, 2.75) is 26.0 Å². The number of hydrogen-bond donors (Lipinski definition) is 4. The maximum Gasteiger partial charge on any atom is 0.242 e. The summed E-state index contributed by atoms with van der Waals surface area (Å²) in [6, 6.07) is 7.53. The maximum atomic E-state index is 12.1. The molecule has 1 aromatic rings. The fourth-order valence-corrected chi connectivity index (χ4v) is 3.06. The molecule has 10 heteroatoms. The molecule has 0 aromatic heterocycles. The molecule has 1 aliphatic heterocycles. The average Bonchev–Trinajstić information content (AvgIpc) is 2.75. The maximum absolute atomic E-state index is 12.1. The molecule has 1 amide bonds. The number of aliphatic imine (C=N–C) groups is 1. The fourth-order valence-electron chi connectivity index (χ4n) is 3.06. The summed E-state index contributed by atoms with van der Waals surface area (Å²) in [4.78, 5) is 18.6. The smallest absolute Gasteiger partial charge is 0.242 e. The lowest BCUT2D eigenvalue weighted by atomic mass is 10.1. The summed E-state index contributed by atoms with van der Waals surface area (Å²) < 4.78 is 10.5. The number of morpholine rings is 1. The Morgan fingerprint density at radius 1 is 1.23 bits per heavy atom. The first-order chi connectivity index (χ1) is 14.4. The molecule has 0 bridgehead atoms. The molecule has 1 atom stereocenters. The zero-order valence-electron chi connectivity index (χ0n) is 18.6. The third-order valence-corrected chi connectivity index (χ3v) is 4.68. The number of methoxy groups -OCH3 is 1. The molecule has 31 heavy (non-hydrogen) atoms. The molecule has 4 N–H and O–H groups in total. The lowest BCUT2D eigenvalue weighted by Gasteiger charge is -2.34. The first-order valence-electron chi connectivity index (χ1n) is 10.4. The van der Waals surface area contributed by atoms with Gasteiger partial charge in [0.2, 0.25) is 5.91 Å². The van der Waals surface area contributed by atoms with Gasteiger partial charge in [-0.25, -0.2) is 4.99 Å². The van der Waals surface area contributed by atoms with E-state index < -0.39 is 5.60 Å². The largest absolute Gasteiger partial charge is 0.497 e. The van der Waals surface area contributed by atoms with E-state index in [-0.39, 0.29) is 36.4 Å². The van der Waals surface area contributed by atoms with E-state index in [1.54, 1.807) is 14.0 Å². The Kier molecular flexibility index (Phi) is 12.8. The molecule has 9 nitrogen and oxygen atoms in total. The summed E-state index contributed by atoms with van der Waals surface area (Å²) in [5, 5.41) is 19.8. The molecule has 1 saturated heterocycles. The molecule has 0 aliphatic carbocycles. The second-order valence-electron chi connectivity index (χ2n) is 7.56. The SMILES string of the molecule is CCNC(=NCC(=O)NCc1ccc(OC)cc1)NCC(C)(O)CN1CCOCC1.I. The summed E-state index contributed by atoms with van der Waals surface area (Å²) >= 11 is 0. The second kappa shape index (κ2) is 14.4. The van der Waals surface area contributed by atoms with Crippen LogP contribution in [0.15, 0.2) is 29.3 Å². The summed E-state index contributed by atoms with van der Waals surface area (Å²) in [6.45, 7) is 8.72. The van der Waals surface area contributed by atoms with Crippen LogP contribution in [0.3, 0.4) is 0 Å². The van der Waals surface area contributed by atoms with Gasteiger partial charge in [0.1, 0.15) is 12.3 Å². The Morgan fingerprint density at radius 3 is 2.52 bits per heavy atom. The van der Waals surface area contributed by atoms with E-state index in [0.29, 0.717) is 45.4 Å². The van der Waals surface area contributed by atoms with Crippen molar-refractivity contribution < 1.29 is 19.4 Å². The average molecular weight is 549 g/mol. The quantitative estimate of drug-likeness (QED) is 0.192.